The fourth-order valence-corrected chi connectivity index (χ4v) is 6.18. The average Bonchev–Trinajstić information content (AvgIpc) is 3.39. The Morgan fingerprint density at radius 1 is 0.973 bits per heavy atom. The van der Waals surface area contributed by atoms with Gasteiger partial charge in [0, 0.05) is 28.2 Å². The van der Waals surface area contributed by atoms with Gasteiger partial charge in [0.2, 0.25) is 0 Å². The minimum absolute atomic E-state index is 0.114. The normalized spacial score (nSPS) is 18.9. The molecule has 1 aliphatic carbocycles. The Morgan fingerprint density at radius 3 is 2.59 bits per heavy atom. The van der Waals surface area contributed by atoms with Crippen LogP contribution >= 0.6 is 0 Å². The average molecular weight is 496 g/mol. The molecule has 0 bridgehead atoms. The van der Waals surface area contributed by atoms with E-state index in [1.807, 2.05) is 31.2 Å². The molecule has 0 spiro atoms. The first-order valence-electron chi connectivity index (χ1n) is 13.3. The molecule has 0 radical (unpaired) electrons. The molecule has 7 heteroatoms. The van der Waals surface area contributed by atoms with Crippen LogP contribution in [-0.2, 0) is 0 Å². The van der Waals surface area contributed by atoms with Crippen molar-refractivity contribution in [3.05, 3.63) is 74.2 Å². The van der Waals surface area contributed by atoms with E-state index in [0.717, 1.165) is 64.7 Å². The molecule has 0 saturated heterocycles. The molecule has 1 saturated carbocycles. The van der Waals surface area contributed by atoms with Gasteiger partial charge in [0.25, 0.3) is 5.56 Å². The lowest BCUT2D eigenvalue weighted by molar-refractivity contribution is 0.275. The number of aromatic amines is 2. The monoisotopic (exact) mass is 495 g/mol. The molecule has 1 atom stereocenters. The lowest BCUT2D eigenvalue weighted by atomic mass is 9.93. The van der Waals surface area contributed by atoms with Crippen LogP contribution in [0.15, 0.2) is 56.5 Å². The van der Waals surface area contributed by atoms with Crippen molar-refractivity contribution in [2.24, 2.45) is 0 Å². The minimum atomic E-state index is -0.295. The van der Waals surface area contributed by atoms with Gasteiger partial charge < -0.3 is 14.1 Å². The Hall–Kier alpha value is -4.00. The number of hydrogen-bond acceptors (Lipinski definition) is 4. The van der Waals surface area contributed by atoms with E-state index < -0.39 is 0 Å². The summed E-state index contributed by atoms with van der Waals surface area (Å²) in [5.74, 6) is 0.815. The zero-order valence-electron chi connectivity index (χ0n) is 20.8. The van der Waals surface area contributed by atoms with Gasteiger partial charge in [-0.15, -0.1) is 0 Å². The number of hydrogen-bond donors (Lipinski definition) is 2. The van der Waals surface area contributed by atoms with Crippen LogP contribution in [0.2, 0.25) is 0 Å². The van der Waals surface area contributed by atoms with Gasteiger partial charge in [0.15, 0.2) is 11.0 Å². The summed E-state index contributed by atoms with van der Waals surface area (Å²) in [6.45, 7) is 1.99. The molecule has 188 valence electrons. The SMILES string of the molecule is C[C@H]1Oc2ccccc2C=C1c1c2oc3cc(=O)ccc3c2[nH]c2c1c(=O)[nH]n2C1CCCCCCC1. The largest absolute Gasteiger partial charge is 0.485 e. The lowest BCUT2D eigenvalue weighted by Gasteiger charge is -2.25. The first-order chi connectivity index (χ1) is 18.1. The smallest absolute Gasteiger partial charge is 0.274 e. The minimum Gasteiger partial charge on any atom is -0.485 e. The van der Waals surface area contributed by atoms with Crippen molar-refractivity contribution < 1.29 is 9.15 Å². The number of furan rings is 1. The Morgan fingerprint density at radius 2 is 1.76 bits per heavy atom. The van der Waals surface area contributed by atoms with Crippen molar-refractivity contribution in [1.82, 2.24) is 14.8 Å². The summed E-state index contributed by atoms with van der Waals surface area (Å²) in [5, 5.41) is 4.56. The molecule has 0 amide bonds. The highest BCUT2D eigenvalue weighted by molar-refractivity contribution is 6.13. The molecule has 2 N–H and O–H groups in total. The Labute approximate surface area is 212 Å². The van der Waals surface area contributed by atoms with Crippen molar-refractivity contribution in [3.8, 4) is 5.75 Å². The van der Waals surface area contributed by atoms with Crippen LogP contribution in [0.25, 0.3) is 44.8 Å². The fourth-order valence-electron chi connectivity index (χ4n) is 6.18. The summed E-state index contributed by atoms with van der Waals surface area (Å²) >= 11 is 0. The van der Waals surface area contributed by atoms with E-state index in [0.29, 0.717) is 16.6 Å². The third-order valence-corrected chi connectivity index (χ3v) is 8.01. The highest BCUT2D eigenvalue weighted by Crippen LogP contribution is 2.42. The van der Waals surface area contributed by atoms with E-state index in [9.17, 15) is 9.59 Å². The maximum Gasteiger partial charge on any atom is 0.274 e. The van der Waals surface area contributed by atoms with Gasteiger partial charge >= 0.3 is 0 Å². The molecule has 5 aromatic rings. The molecule has 7 rings (SSSR count). The molecule has 1 aliphatic heterocycles. The van der Waals surface area contributed by atoms with Crippen molar-refractivity contribution in [2.75, 3.05) is 0 Å². The third-order valence-electron chi connectivity index (χ3n) is 8.01. The first-order valence-corrected chi connectivity index (χ1v) is 13.3. The van der Waals surface area contributed by atoms with Gasteiger partial charge in [0.05, 0.1) is 16.9 Å². The van der Waals surface area contributed by atoms with Gasteiger partial charge in [0.1, 0.15) is 23.1 Å². The van der Waals surface area contributed by atoms with Gasteiger partial charge in [-0.3, -0.25) is 19.4 Å². The quantitative estimate of drug-likeness (QED) is 0.291. The molecular formula is C30H29N3O4. The summed E-state index contributed by atoms with van der Waals surface area (Å²) in [6.07, 6.45) is 9.89. The van der Waals surface area contributed by atoms with Crippen LogP contribution in [0.3, 0.4) is 0 Å². The highest BCUT2D eigenvalue weighted by atomic mass is 16.5. The summed E-state index contributed by atoms with van der Waals surface area (Å²) in [7, 11) is 0. The number of para-hydroxylation sites is 1. The van der Waals surface area contributed by atoms with E-state index in [2.05, 4.69) is 20.8 Å². The van der Waals surface area contributed by atoms with Crippen LogP contribution in [-0.4, -0.2) is 20.9 Å². The van der Waals surface area contributed by atoms with Gasteiger partial charge in [-0.25, -0.2) is 0 Å². The molecule has 2 aromatic carbocycles. The maximum absolute atomic E-state index is 13.7. The summed E-state index contributed by atoms with van der Waals surface area (Å²) in [5.41, 5.74) is 4.91. The molecule has 37 heavy (non-hydrogen) atoms. The summed E-state index contributed by atoms with van der Waals surface area (Å²) in [4.78, 5) is 29.4. The van der Waals surface area contributed by atoms with Gasteiger partial charge in [-0.2, -0.15) is 0 Å². The van der Waals surface area contributed by atoms with E-state index >= 15 is 0 Å². The number of nitrogens with one attached hydrogen (secondary N) is 2. The second-order valence-corrected chi connectivity index (χ2v) is 10.4. The van der Waals surface area contributed by atoms with Gasteiger partial charge in [-0.1, -0.05) is 50.3 Å². The lowest BCUT2D eigenvalue weighted by Crippen LogP contribution is -2.19. The zero-order chi connectivity index (χ0) is 25.1. The van der Waals surface area contributed by atoms with Crippen molar-refractivity contribution in [1.29, 1.82) is 0 Å². The van der Waals surface area contributed by atoms with E-state index in [4.69, 9.17) is 9.15 Å². The van der Waals surface area contributed by atoms with Crippen LogP contribution in [0, 0.1) is 0 Å². The van der Waals surface area contributed by atoms with Gasteiger partial charge in [-0.05, 0) is 44.0 Å². The van der Waals surface area contributed by atoms with E-state index in [1.54, 1.807) is 12.1 Å². The molecule has 1 fully saturated rings. The summed E-state index contributed by atoms with van der Waals surface area (Å²) in [6, 6.07) is 13.0. The molecule has 3 aromatic heterocycles. The van der Waals surface area contributed by atoms with Crippen LogP contribution in [0.1, 0.15) is 69.0 Å². The Kier molecular flexibility index (Phi) is 5.13. The number of aromatic nitrogens is 3. The Balaban J connectivity index is 1.57. The predicted octanol–water partition coefficient (Wildman–Crippen LogP) is 6.52. The number of nitrogens with zero attached hydrogens (tertiary/aromatic N) is 1. The van der Waals surface area contributed by atoms with Crippen molar-refractivity contribution in [3.63, 3.8) is 0 Å². The van der Waals surface area contributed by atoms with Crippen molar-refractivity contribution in [2.45, 2.75) is 64.0 Å². The van der Waals surface area contributed by atoms with E-state index in [1.165, 1.54) is 25.3 Å². The first kappa shape index (κ1) is 22.2. The van der Waals surface area contributed by atoms with Crippen LogP contribution in [0.5, 0.6) is 5.75 Å². The predicted molar refractivity (Wildman–Crippen MR) is 146 cm³/mol. The molecular weight excluding hydrogens is 466 g/mol. The maximum atomic E-state index is 13.7. The Bertz CT molecular complexity index is 1810. The zero-order valence-corrected chi connectivity index (χ0v) is 20.8. The second-order valence-electron chi connectivity index (χ2n) is 10.4. The number of fused-ring (bicyclic) bond motifs is 5. The number of rotatable bonds is 2. The molecule has 4 heterocycles. The molecule has 7 nitrogen and oxygen atoms in total. The number of benzene rings is 2. The number of pyridine rings is 1. The standard InChI is InChI=1S/C30H29N3O4/c1-17-22(15-18-9-7-8-12-23(18)36-17)25-26-29(31-27-21-14-13-20(34)16-24(21)37-28(25)27)33(32-30(26)35)19-10-5-3-2-4-6-11-19/h7-9,12-17,19,31H,2-6,10-11H2,1H3,(H,32,35)/t17-/m1/s1. The van der Waals surface area contributed by atoms with Crippen LogP contribution in [0.4, 0.5) is 0 Å². The highest BCUT2D eigenvalue weighted by Gasteiger charge is 2.29. The number of ether oxygens (including phenoxy) is 1. The number of H-pyrrole nitrogens is 2. The molecule has 0 unspecified atom stereocenters. The summed E-state index contributed by atoms with van der Waals surface area (Å²) < 4.78 is 14.7. The molecule has 2 aliphatic rings. The fraction of sp³-hybridized carbons (Fsp3) is 0.333. The van der Waals surface area contributed by atoms with Crippen LogP contribution < -0.4 is 15.7 Å². The van der Waals surface area contributed by atoms with E-state index in [-0.39, 0.29) is 23.1 Å². The second kappa shape index (κ2) is 8.54. The van der Waals surface area contributed by atoms with Crippen molar-refractivity contribution >= 4 is 44.8 Å². The third kappa shape index (κ3) is 3.56. The topological polar surface area (TPSA) is 93.0 Å².